The second-order valence-electron chi connectivity index (χ2n) is 5.05. The molecule has 0 saturated heterocycles. The van der Waals surface area contributed by atoms with Crippen molar-refractivity contribution in [2.75, 3.05) is 0 Å². The lowest BCUT2D eigenvalue weighted by molar-refractivity contribution is -0.137. The van der Waals surface area contributed by atoms with Crippen molar-refractivity contribution < 1.29 is 14.7 Å². The lowest BCUT2D eigenvalue weighted by atomic mass is 10.1. The van der Waals surface area contributed by atoms with Crippen molar-refractivity contribution in [2.45, 2.75) is 52.1 Å². The molecule has 1 heterocycles. The number of nitrogens with zero attached hydrogens (tertiary/aromatic N) is 1. The zero-order valence-corrected chi connectivity index (χ0v) is 11.7. The molecule has 1 aromatic heterocycles. The highest BCUT2D eigenvalue weighted by Crippen LogP contribution is 2.11. The number of nitrogens with one attached hydrogen (secondary N) is 1. The Kier molecular flexibility index (Phi) is 5.60. The summed E-state index contributed by atoms with van der Waals surface area (Å²) in [6.07, 6.45) is 3.26. The first-order chi connectivity index (χ1) is 8.91. The number of rotatable bonds is 7. The van der Waals surface area contributed by atoms with Crippen molar-refractivity contribution in [2.24, 2.45) is 0 Å². The molecule has 0 aliphatic rings. The molecule has 5 heteroatoms. The summed E-state index contributed by atoms with van der Waals surface area (Å²) in [5.74, 6) is -0.909. The molecule has 1 unspecified atom stereocenters. The maximum Gasteiger partial charge on any atom is 0.303 e. The van der Waals surface area contributed by atoms with Gasteiger partial charge < -0.3 is 15.0 Å². The topological polar surface area (TPSA) is 71.3 Å². The van der Waals surface area contributed by atoms with Crippen LogP contribution in [0, 0.1) is 0 Å². The summed E-state index contributed by atoms with van der Waals surface area (Å²) >= 11 is 0. The van der Waals surface area contributed by atoms with E-state index in [2.05, 4.69) is 5.32 Å². The number of carboxylic acids is 1. The molecule has 1 amide bonds. The summed E-state index contributed by atoms with van der Waals surface area (Å²) < 4.78 is 1.92. The van der Waals surface area contributed by atoms with E-state index in [0.29, 0.717) is 18.5 Å². The summed E-state index contributed by atoms with van der Waals surface area (Å²) in [7, 11) is 0. The third kappa shape index (κ3) is 4.77. The van der Waals surface area contributed by atoms with Crippen LogP contribution in [0.3, 0.4) is 0 Å². The van der Waals surface area contributed by atoms with Gasteiger partial charge in [0.05, 0.1) is 0 Å². The lowest BCUT2D eigenvalue weighted by Gasteiger charge is -2.16. The fourth-order valence-electron chi connectivity index (χ4n) is 1.97. The van der Waals surface area contributed by atoms with Crippen molar-refractivity contribution in [3.8, 4) is 0 Å². The lowest BCUT2D eigenvalue weighted by Crippen LogP contribution is -2.34. The van der Waals surface area contributed by atoms with Crippen LogP contribution in [0.5, 0.6) is 0 Å². The first-order valence-corrected chi connectivity index (χ1v) is 6.61. The van der Waals surface area contributed by atoms with Crippen LogP contribution in [-0.4, -0.2) is 27.6 Å². The predicted molar refractivity (Wildman–Crippen MR) is 73.2 cm³/mol. The van der Waals surface area contributed by atoms with E-state index in [4.69, 9.17) is 5.11 Å². The molecule has 19 heavy (non-hydrogen) atoms. The first-order valence-electron chi connectivity index (χ1n) is 6.61. The van der Waals surface area contributed by atoms with Gasteiger partial charge in [-0.05, 0) is 45.7 Å². The molecule has 0 aromatic carbocycles. The van der Waals surface area contributed by atoms with Crippen molar-refractivity contribution in [1.29, 1.82) is 0 Å². The van der Waals surface area contributed by atoms with Crippen molar-refractivity contribution in [3.05, 3.63) is 24.0 Å². The summed E-state index contributed by atoms with van der Waals surface area (Å²) in [6.45, 7) is 5.93. The summed E-state index contributed by atoms with van der Waals surface area (Å²) in [4.78, 5) is 22.5. The molecule has 0 radical (unpaired) electrons. The molecule has 1 aromatic rings. The van der Waals surface area contributed by atoms with Gasteiger partial charge in [-0.3, -0.25) is 9.59 Å². The van der Waals surface area contributed by atoms with Crippen LogP contribution in [0.25, 0.3) is 0 Å². The van der Waals surface area contributed by atoms with Crippen molar-refractivity contribution >= 4 is 11.9 Å². The molecule has 0 aliphatic heterocycles. The molecule has 1 atom stereocenters. The Morgan fingerprint density at radius 2 is 2.05 bits per heavy atom. The maximum atomic E-state index is 12.1. The Labute approximate surface area is 113 Å². The summed E-state index contributed by atoms with van der Waals surface area (Å²) in [5, 5.41) is 11.5. The van der Waals surface area contributed by atoms with Gasteiger partial charge in [0, 0.05) is 24.7 Å². The number of amides is 1. The van der Waals surface area contributed by atoms with Gasteiger partial charge in [0.1, 0.15) is 5.69 Å². The second kappa shape index (κ2) is 6.97. The normalized spacial score (nSPS) is 12.4. The van der Waals surface area contributed by atoms with Gasteiger partial charge in [0.15, 0.2) is 0 Å². The molecular weight excluding hydrogens is 244 g/mol. The molecule has 0 saturated carbocycles. The highest BCUT2D eigenvalue weighted by Gasteiger charge is 2.14. The molecule has 106 valence electrons. The quantitative estimate of drug-likeness (QED) is 0.796. The smallest absolute Gasteiger partial charge is 0.303 e. The molecule has 0 aliphatic carbocycles. The number of hydrogen-bond donors (Lipinski definition) is 2. The van der Waals surface area contributed by atoms with Crippen molar-refractivity contribution in [1.82, 2.24) is 9.88 Å². The Morgan fingerprint density at radius 3 is 2.63 bits per heavy atom. The van der Waals surface area contributed by atoms with Gasteiger partial charge in [-0.25, -0.2) is 0 Å². The van der Waals surface area contributed by atoms with E-state index in [1.807, 2.05) is 37.6 Å². The number of carbonyl (C=O) groups excluding carboxylic acids is 1. The molecule has 0 bridgehead atoms. The Morgan fingerprint density at radius 1 is 1.37 bits per heavy atom. The Bertz CT molecular complexity index is 438. The van der Waals surface area contributed by atoms with Gasteiger partial charge >= 0.3 is 5.97 Å². The summed E-state index contributed by atoms with van der Waals surface area (Å²) in [5.41, 5.74) is 0.639. The van der Waals surface area contributed by atoms with E-state index >= 15 is 0 Å². The van der Waals surface area contributed by atoms with Gasteiger partial charge in [0.25, 0.3) is 5.91 Å². The van der Waals surface area contributed by atoms with E-state index in [0.717, 1.165) is 0 Å². The number of hydrogen-bond acceptors (Lipinski definition) is 2. The summed E-state index contributed by atoms with van der Waals surface area (Å²) in [6, 6.07) is 3.85. The Balaban J connectivity index is 2.50. The average molecular weight is 266 g/mol. The number of carbonyl (C=O) groups is 2. The molecular formula is C14H22N2O3. The third-order valence-corrected chi connectivity index (χ3v) is 2.97. The third-order valence-electron chi connectivity index (χ3n) is 2.97. The van der Waals surface area contributed by atoms with Crippen LogP contribution >= 0.6 is 0 Å². The average Bonchev–Trinajstić information content (AvgIpc) is 2.77. The molecule has 0 spiro atoms. The van der Waals surface area contributed by atoms with E-state index in [1.54, 1.807) is 6.07 Å². The van der Waals surface area contributed by atoms with Crippen LogP contribution in [-0.2, 0) is 4.79 Å². The minimum atomic E-state index is -0.799. The van der Waals surface area contributed by atoms with Gasteiger partial charge in [-0.2, -0.15) is 0 Å². The SMILES string of the molecule is CC(CCCC(=O)O)NC(=O)c1cccn1C(C)C. The van der Waals surface area contributed by atoms with E-state index in [1.165, 1.54) is 0 Å². The van der Waals surface area contributed by atoms with E-state index in [-0.39, 0.29) is 24.4 Å². The molecule has 1 rings (SSSR count). The zero-order chi connectivity index (χ0) is 14.4. The van der Waals surface area contributed by atoms with Gasteiger partial charge in [-0.1, -0.05) is 0 Å². The van der Waals surface area contributed by atoms with Gasteiger partial charge in [-0.15, -0.1) is 0 Å². The second-order valence-corrected chi connectivity index (χ2v) is 5.05. The fourth-order valence-corrected chi connectivity index (χ4v) is 1.97. The largest absolute Gasteiger partial charge is 0.481 e. The highest BCUT2D eigenvalue weighted by atomic mass is 16.4. The minimum absolute atomic E-state index is 0.0256. The molecule has 2 N–H and O–H groups in total. The minimum Gasteiger partial charge on any atom is -0.481 e. The van der Waals surface area contributed by atoms with Crippen LogP contribution in [0.4, 0.5) is 0 Å². The maximum absolute atomic E-state index is 12.1. The van der Waals surface area contributed by atoms with Crippen molar-refractivity contribution in [3.63, 3.8) is 0 Å². The van der Waals surface area contributed by atoms with Crippen LogP contribution in [0.15, 0.2) is 18.3 Å². The van der Waals surface area contributed by atoms with E-state index in [9.17, 15) is 9.59 Å². The fraction of sp³-hybridized carbons (Fsp3) is 0.571. The monoisotopic (exact) mass is 266 g/mol. The first kappa shape index (κ1) is 15.3. The van der Waals surface area contributed by atoms with E-state index < -0.39 is 5.97 Å². The predicted octanol–water partition coefficient (Wildman–Crippen LogP) is 2.44. The standard InChI is InChI=1S/C14H22N2O3/c1-10(2)16-9-5-7-12(16)14(19)15-11(3)6-4-8-13(17)18/h5,7,9-11H,4,6,8H2,1-3H3,(H,15,19)(H,17,18). The zero-order valence-electron chi connectivity index (χ0n) is 11.7. The number of aromatic nitrogens is 1. The molecule has 0 fully saturated rings. The number of carboxylic acid groups (broad SMARTS) is 1. The van der Waals surface area contributed by atoms with Gasteiger partial charge in [0.2, 0.25) is 0 Å². The van der Waals surface area contributed by atoms with Crippen LogP contribution < -0.4 is 5.32 Å². The van der Waals surface area contributed by atoms with Crippen LogP contribution in [0.2, 0.25) is 0 Å². The van der Waals surface area contributed by atoms with Crippen LogP contribution in [0.1, 0.15) is 56.6 Å². The molecule has 5 nitrogen and oxygen atoms in total. The Hall–Kier alpha value is -1.78. The number of aliphatic carboxylic acids is 1. The highest BCUT2D eigenvalue weighted by molar-refractivity contribution is 5.92.